The van der Waals surface area contributed by atoms with Crippen molar-refractivity contribution in [3.05, 3.63) is 63.4 Å². The van der Waals surface area contributed by atoms with Gasteiger partial charge in [0, 0.05) is 5.02 Å². The second kappa shape index (κ2) is 9.53. The number of urea groups is 1. The van der Waals surface area contributed by atoms with Crippen LogP contribution in [0.3, 0.4) is 0 Å². The standard InChI is InChI=1S/C22H23ClN4O3S/c1-4-12(2)14-5-8-16(9-6-14)27-20(29)17-10-7-15(23)11-18(17)25-22(27)31-13(3)19(28)26-21(24)30/h5-13H,4H2,1-3H3,(H3,24,26,28,30)/t12-,13+/m1/s1. The highest BCUT2D eigenvalue weighted by Gasteiger charge is 2.21. The van der Waals surface area contributed by atoms with Crippen molar-refractivity contribution in [2.75, 3.05) is 0 Å². The van der Waals surface area contributed by atoms with E-state index in [0.717, 1.165) is 18.2 Å². The highest BCUT2D eigenvalue weighted by molar-refractivity contribution is 8.00. The summed E-state index contributed by atoms with van der Waals surface area (Å²) in [7, 11) is 0. The van der Waals surface area contributed by atoms with Gasteiger partial charge in [-0.05, 0) is 55.2 Å². The van der Waals surface area contributed by atoms with E-state index < -0.39 is 17.2 Å². The van der Waals surface area contributed by atoms with Crippen molar-refractivity contribution in [2.45, 2.75) is 43.5 Å². The van der Waals surface area contributed by atoms with Crippen molar-refractivity contribution in [1.82, 2.24) is 14.9 Å². The monoisotopic (exact) mass is 458 g/mol. The van der Waals surface area contributed by atoms with E-state index in [2.05, 4.69) is 24.1 Å². The van der Waals surface area contributed by atoms with Gasteiger partial charge in [-0.15, -0.1) is 0 Å². The fraction of sp³-hybridized carbons (Fsp3) is 0.273. The lowest BCUT2D eigenvalue weighted by atomic mass is 9.98. The highest BCUT2D eigenvalue weighted by Crippen LogP contribution is 2.27. The summed E-state index contributed by atoms with van der Waals surface area (Å²) in [5, 5.41) is 2.50. The summed E-state index contributed by atoms with van der Waals surface area (Å²) < 4.78 is 1.47. The Labute approximate surface area is 189 Å². The molecule has 0 aliphatic carbocycles. The van der Waals surface area contributed by atoms with Crippen molar-refractivity contribution < 1.29 is 9.59 Å². The second-order valence-corrected chi connectivity index (χ2v) is 8.96. The number of hydrogen-bond donors (Lipinski definition) is 2. The van der Waals surface area contributed by atoms with Gasteiger partial charge in [0.25, 0.3) is 5.56 Å². The number of nitrogens with zero attached hydrogens (tertiary/aromatic N) is 2. The van der Waals surface area contributed by atoms with Crippen LogP contribution in [-0.4, -0.2) is 26.7 Å². The Kier molecular flexibility index (Phi) is 7.02. The molecule has 3 amide bonds. The van der Waals surface area contributed by atoms with E-state index in [1.54, 1.807) is 25.1 Å². The lowest BCUT2D eigenvalue weighted by molar-refractivity contribution is -0.119. The molecule has 2 aromatic carbocycles. The maximum Gasteiger partial charge on any atom is 0.318 e. The van der Waals surface area contributed by atoms with Crippen LogP contribution >= 0.6 is 23.4 Å². The molecule has 0 saturated heterocycles. The average molecular weight is 459 g/mol. The number of aromatic nitrogens is 2. The predicted octanol–water partition coefficient (Wildman–Crippen LogP) is 4.23. The van der Waals surface area contributed by atoms with Crippen LogP contribution in [0.4, 0.5) is 4.79 Å². The minimum Gasteiger partial charge on any atom is -0.351 e. The van der Waals surface area contributed by atoms with Crippen molar-refractivity contribution in [3.63, 3.8) is 0 Å². The Morgan fingerprint density at radius 2 is 1.87 bits per heavy atom. The van der Waals surface area contributed by atoms with E-state index in [1.165, 1.54) is 10.1 Å². The molecule has 2 atom stereocenters. The SMILES string of the molecule is CC[C@@H](C)c1ccc(-n2c(S[C@@H](C)C(=O)NC(N)=O)nc3cc(Cl)ccc3c2=O)cc1. The molecule has 1 heterocycles. The topological polar surface area (TPSA) is 107 Å². The van der Waals surface area contributed by atoms with E-state index in [1.807, 2.05) is 24.3 Å². The fourth-order valence-electron chi connectivity index (χ4n) is 3.07. The fourth-order valence-corrected chi connectivity index (χ4v) is 4.16. The van der Waals surface area contributed by atoms with E-state index in [-0.39, 0.29) is 5.56 Å². The Balaban J connectivity index is 2.13. The molecule has 0 aliphatic rings. The first-order valence-electron chi connectivity index (χ1n) is 9.80. The number of thioether (sulfide) groups is 1. The molecule has 3 N–H and O–H groups in total. The maximum absolute atomic E-state index is 13.4. The van der Waals surface area contributed by atoms with Gasteiger partial charge in [-0.1, -0.05) is 49.3 Å². The number of imide groups is 1. The molecule has 9 heteroatoms. The number of rotatable bonds is 6. The van der Waals surface area contributed by atoms with Gasteiger partial charge < -0.3 is 5.73 Å². The molecule has 0 unspecified atom stereocenters. The van der Waals surface area contributed by atoms with Crippen LogP contribution in [0.25, 0.3) is 16.6 Å². The number of fused-ring (bicyclic) bond motifs is 1. The van der Waals surface area contributed by atoms with Crippen molar-refractivity contribution >= 4 is 46.2 Å². The summed E-state index contributed by atoms with van der Waals surface area (Å²) in [5.74, 6) is -0.175. The quantitative estimate of drug-likeness (QED) is 0.424. The van der Waals surface area contributed by atoms with Crippen molar-refractivity contribution in [3.8, 4) is 5.69 Å². The second-order valence-electron chi connectivity index (χ2n) is 7.21. The summed E-state index contributed by atoms with van der Waals surface area (Å²) in [6.45, 7) is 5.87. The van der Waals surface area contributed by atoms with Crippen LogP contribution in [0.1, 0.15) is 38.7 Å². The maximum atomic E-state index is 13.4. The van der Waals surface area contributed by atoms with Gasteiger partial charge in [0.2, 0.25) is 5.91 Å². The summed E-state index contributed by atoms with van der Waals surface area (Å²) >= 11 is 7.14. The molecule has 7 nitrogen and oxygen atoms in total. The molecule has 162 valence electrons. The summed E-state index contributed by atoms with van der Waals surface area (Å²) in [6, 6.07) is 11.6. The first-order chi connectivity index (χ1) is 14.7. The van der Waals surface area contributed by atoms with Gasteiger partial charge in [0.05, 0.1) is 21.8 Å². The number of carbonyl (C=O) groups is 2. The van der Waals surface area contributed by atoms with E-state index in [0.29, 0.717) is 32.7 Å². The minimum absolute atomic E-state index is 0.275. The third kappa shape index (κ3) is 5.08. The number of amides is 3. The number of carbonyl (C=O) groups excluding carboxylic acids is 2. The molecular formula is C22H23ClN4O3S. The van der Waals surface area contributed by atoms with Gasteiger partial charge in [-0.2, -0.15) is 0 Å². The largest absolute Gasteiger partial charge is 0.351 e. The zero-order valence-electron chi connectivity index (χ0n) is 17.4. The number of nitrogens with two attached hydrogens (primary N) is 1. The number of halogens is 1. The van der Waals surface area contributed by atoms with Crippen LogP contribution < -0.4 is 16.6 Å². The van der Waals surface area contributed by atoms with Gasteiger partial charge >= 0.3 is 6.03 Å². The first kappa shape index (κ1) is 22.8. The summed E-state index contributed by atoms with van der Waals surface area (Å²) in [6.07, 6.45) is 1.01. The molecular weight excluding hydrogens is 436 g/mol. The van der Waals surface area contributed by atoms with Crippen LogP contribution in [-0.2, 0) is 4.79 Å². The zero-order valence-corrected chi connectivity index (χ0v) is 19.0. The van der Waals surface area contributed by atoms with Crippen LogP contribution in [0, 0.1) is 0 Å². The molecule has 0 bridgehead atoms. The number of hydrogen-bond acceptors (Lipinski definition) is 5. The lowest BCUT2D eigenvalue weighted by Gasteiger charge is -2.17. The van der Waals surface area contributed by atoms with E-state index >= 15 is 0 Å². The molecule has 31 heavy (non-hydrogen) atoms. The lowest BCUT2D eigenvalue weighted by Crippen LogP contribution is -2.39. The molecule has 3 rings (SSSR count). The molecule has 0 saturated carbocycles. The smallest absolute Gasteiger partial charge is 0.318 e. The van der Waals surface area contributed by atoms with Crippen LogP contribution in [0.15, 0.2) is 52.4 Å². The Morgan fingerprint density at radius 3 is 2.48 bits per heavy atom. The average Bonchev–Trinajstić information content (AvgIpc) is 2.72. The molecule has 0 spiro atoms. The van der Waals surface area contributed by atoms with E-state index in [4.69, 9.17) is 17.3 Å². The number of nitrogens with one attached hydrogen (secondary N) is 1. The number of primary amides is 1. The van der Waals surface area contributed by atoms with Crippen LogP contribution in [0.5, 0.6) is 0 Å². The van der Waals surface area contributed by atoms with Gasteiger partial charge in [0.15, 0.2) is 5.16 Å². The normalized spacial score (nSPS) is 13.0. The Morgan fingerprint density at radius 1 is 1.19 bits per heavy atom. The van der Waals surface area contributed by atoms with Crippen molar-refractivity contribution in [1.29, 1.82) is 0 Å². The molecule has 3 aromatic rings. The Bertz CT molecular complexity index is 1190. The van der Waals surface area contributed by atoms with Gasteiger partial charge in [-0.3, -0.25) is 19.5 Å². The van der Waals surface area contributed by atoms with Gasteiger partial charge in [0.1, 0.15) is 0 Å². The van der Waals surface area contributed by atoms with Crippen LogP contribution in [0.2, 0.25) is 5.02 Å². The number of benzene rings is 2. The predicted molar refractivity (Wildman–Crippen MR) is 124 cm³/mol. The first-order valence-corrected chi connectivity index (χ1v) is 11.1. The Hall–Kier alpha value is -2.84. The summed E-state index contributed by atoms with van der Waals surface area (Å²) in [5.41, 5.74) is 7.00. The molecule has 0 radical (unpaired) electrons. The molecule has 0 aliphatic heterocycles. The van der Waals surface area contributed by atoms with Crippen molar-refractivity contribution in [2.24, 2.45) is 5.73 Å². The minimum atomic E-state index is -0.936. The van der Waals surface area contributed by atoms with E-state index in [9.17, 15) is 14.4 Å². The highest BCUT2D eigenvalue weighted by atomic mass is 35.5. The van der Waals surface area contributed by atoms with Gasteiger partial charge in [-0.25, -0.2) is 9.78 Å². The molecule has 0 fully saturated rings. The molecule has 1 aromatic heterocycles. The third-order valence-corrected chi connectivity index (χ3v) is 6.32. The summed E-state index contributed by atoms with van der Waals surface area (Å²) in [4.78, 5) is 41.2. The zero-order chi connectivity index (χ0) is 22.7. The third-order valence-electron chi connectivity index (χ3n) is 5.03.